The number of carbonyl (C=O) groups excluding carboxylic acids is 1. The summed E-state index contributed by atoms with van der Waals surface area (Å²) in [5, 5.41) is 0. The van der Waals surface area contributed by atoms with E-state index in [1.165, 1.54) is 5.56 Å². The zero-order chi connectivity index (χ0) is 13.1. The molecule has 1 heterocycles. The summed E-state index contributed by atoms with van der Waals surface area (Å²) >= 11 is 3.19. The maximum absolute atomic E-state index is 12.1. The number of rotatable bonds is 4. The van der Waals surface area contributed by atoms with Gasteiger partial charge in [-0.05, 0) is 46.0 Å². The topological polar surface area (TPSA) is 30.2 Å². The molecule has 2 nitrogen and oxygen atoms in total. The molecule has 1 aromatic carbocycles. The highest BCUT2D eigenvalue weighted by molar-refractivity contribution is 9.10. The van der Waals surface area contributed by atoms with Crippen LogP contribution in [0.4, 0.5) is 0 Å². The summed E-state index contributed by atoms with van der Waals surface area (Å²) in [7, 11) is 0. The molecule has 1 aromatic heterocycles. The number of ketones is 1. The standard InChI is InChI=1S/C15H15BrO2/c1-3-10(2)11-4-6-12(7-5-11)15(17)13-8-9-14(16)18-13/h4-10H,3H2,1-2H3. The zero-order valence-electron chi connectivity index (χ0n) is 10.4. The van der Waals surface area contributed by atoms with E-state index in [0.29, 0.717) is 21.9 Å². The molecule has 0 aliphatic heterocycles. The number of benzene rings is 1. The van der Waals surface area contributed by atoms with Gasteiger partial charge in [-0.2, -0.15) is 0 Å². The van der Waals surface area contributed by atoms with Crippen LogP contribution in [-0.4, -0.2) is 5.78 Å². The molecule has 0 N–H and O–H groups in total. The fraction of sp³-hybridized carbons (Fsp3) is 0.267. The van der Waals surface area contributed by atoms with E-state index in [9.17, 15) is 4.79 Å². The van der Waals surface area contributed by atoms with Crippen LogP contribution in [-0.2, 0) is 0 Å². The van der Waals surface area contributed by atoms with Crippen molar-refractivity contribution in [1.82, 2.24) is 0 Å². The lowest BCUT2D eigenvalue weighted by atomic mass is 9.96. The van der Waals surface area contributed by atoms with Crippen LogP contribution in [0.1, 0.15) is 47.9 Å². The maximum atomic E-state index is 12.1. The quantitative estimate of drug-likeness (QED) is 0.760. The van der Waals surface area contributed by atoms with Gasteiger partial charge in [0.05, 0.1) is 0 Å². The van der Waals surface area contributed by atoms with Crippen molar-refractivity contribution in [3.8, 4) is 0 Å². The lowest BCUT2D eigenvalue weighted by Crippen LogP contribution is -2.00. The molecule has 0 amide bonds. The van der Waals surface area contributed by atoms with Gasteiger partial charge in [0.15, 0.2) is 10.4 Å². The summed E-state index contributed by atoms with van der Waals surface area (Å²) in [6.07, 6.45) is 1.10. The minimum Gasteiger partial charge on any atom is -0.446 e. The number of hydrogen-bond donors (Lipinski definition) is 0. The minimum absolute atomic E-state index is 0.0867. The lowest BCUT2D eigenvalue weighted by Gasteiger charge is -2.08. The second-order valence-corrected chi connectivity index (χ2v) is 5.15. The molecule has 0 saturated carbocycles. The van der Waals surface area contributed by atoms with Gasteiger partial charge in [0, 0.05) is 5.56 Å². The summed E-state index contributed by atoms with van der Waals surface area (Å²) in [5.41, 5.74) is 1.92. The summed E-state index contributed by atoms with van der Waals surface area (Å²) in [4.78, 5) is 12.1. The first-order valence-electron chi connectivity index (χ1n) is 6.01. The third kappa shape index (κ3) is 2.72. The first kappa shape index (κ1) is 13.1. The van der Waals surface area contributed by atoms with Crippen molar-refractivity contribution < 1.29 is 9.21 Å². The smallest absolute Gasteiger partial charge is 0.228 e. The Hall–Kier alpha value is -1.35. The highest BCUT2D eigenvalue weighted by atomic mass is 79.9. The van der Waals surface area contributed by atoms with Gasteiger partial charge in [-0.1, -0.05) is 38.1 Å². The van der Waals surface area contributed by atoms with Gasteiger partial charge in [-0.25, -0.2) is 0 Å². The van der Waals surface area contributed by atoms with E-state index in [0.717, 1.165) is 6.42 Å². The van der Waals surface area contributed by atoms with E-state index < -0.39 is 0 Å². The molecule has 2 rings (SSSR count). The highest BCUT2D eigenvalue weighted by Gasteiger charge is 2.13. The minimum atomic E-state index is -0.0867. The second kappa shape index (κ2) is 5.53. The van der Waals surface area contributed by atoms with Crippen LogP contribution in [0.3, 0.4) is 0 Å². The van der Waals surface area contributed by atoms with E-state index in [1.54, 1.807) is 12.1 Å². The Kier molecular flexibility index (Phi) is 4.02. The maximum Gasteiger partial charge on any atom is 0.228 e. The molecule has 1 unspecified atom stereocenters. The monoisotopic (exact) mass is 306 g/mol. The van der Waals surface area contributed by atoms with Crippen LogP contribution < -0.4 is 0 Å². The molecular formula is C15H15BrO2. The molecular weight excluding hydrogens is 292 g/mol. The SMILES string of the molecule is CCC(C)c1ccc(C(=O)c2ccc(Br)o2)cc1. The Balaban J connectivity index is 2.22. The Morgan fingerprint density at radius 1 is 1.22 bits per heavy atom. The molecule has 0 fully saturated rings. The van der Waals surface area contributed by atoms with Crippen molar-refractivity contribution in [2.75, 3.05) is 0 Å². The third-order valence-corrected chi connectivity index (χ3v) is 3.58. The highest BCUT2D eigenvalue weighted by Crippen LogP contribution is 2.21. The van der Waals surface area contributed by atoms with Crippen molar-refractivity contribution in [3.05, 3.63) is 58.0 Å². The largest absolute Gasteiger partial charge is 0.446 e. The average molecular weight is 307 g/mol. The third-order valence-electron chi connectivity index (χ3n) is 3.15. The lowest BCUT2D eigenvalue weighted by molar-refractivity contribution is 0.101. The van der Waals surface area contributed by atoms with Gasteiger partial charge in [0.2, 0.25) is 5.78 Å². The van der Waals surface area contributed by atoms with Gasteiger partial charge in [0.1, 0.15) is 0 Å². The van der Waals surface area contributed by atoms with Crippen molar-refractivity contribution in [2.45, 2.75) is 26.2 Å². The first-order chi connectivity index (χ1) is 8.61. The van der Waals surface area contributed by atoms with Crippen LogP contribution in [0.15, 0.2) is 45.5 Å². The van der Waals surface area contributed by atoms with Crippen molar-refractivity contribution in [2.24, 2.45) is 0 Å². The van der Waals surface area contributed by atoms with E-state index in [2.05, 4.69) is 29.8 Å². The van der Waals surface area contributed by atoms with Gasteiger partial charge in [0.25, 0.3) is 0 Å². The van der Waals surface area contributed by atoms with Gasteiger partial charge in [-0.3, -0.25) is 4.79 Å². The zero-order valence-corrected chi connectivity index (χ0v) is 12.0. The Morgan fingerprint density at radius 2 is 1.89 bits per heavy atom. The van der Waals surface area contributed by atoms with Crippen molar-refractivity contribution >= 4 is 21.7 Å². The van der Waals surface area contributed by atoms with Crippen LogP contribution in [0, 0.1) is 0 Å². The fourth-order valence-electron chi connectivity index (χ4n) is 1.78. The van der Waals surface area contributed by atoms with Crippen LogP contribution >= 0.6 is 15.9 Å². The number of carbonyl (C=O) groups is 1. The molecule has 0 saturated heterocycles. The molecule has 0 spiro atoms. The first-order valence-corrected chi connectivity index (χ1v) is 6.81. The van der Waals surface area contributed by atoms with Gasteiger partial charge >= 0.3 is 0 Å². The molecule has 0 radical (unpaired) electrons. The Morgan fingerprint density at radius 3 is 2.39 bits per heavy atom. The summed E-state index contributed by atoms with van der Waals surface area (Å²) in [5.74, 6) is 0.793. The number of furan rings is 1. The predicted octanol–water partition coefficient (Wildman–Crippen LogP) is 4.79. The normalized spacial score (nSPS) is 12.4. The van der Waals surface area contributed by atoms with Crippen LogP contribution in [0.2, 0.25) is 0 Å². The van der Waals surface area contributed by atoms with Crippen LogP contribution in [0.5, 0.6) is 0 Å². The predicted molar refractivity (Wildman–Crippen MR) is 75.0 cm³/mol. The Labute approximate surface area is 115 Å². The molecule has 1 atom stereocenters. The van der Waals surface area contributed by atoms with Gasteiger partial charge < -0.3 is 4.42 Å². The van der Waals surface area contributed by atoms with E-state index in [-0.39, 0.29) is 5.78 Å². The van der Waals surface area contributed by atoms with E-state index in [1.807, 2.05) is 24.3 Å². The molecule has 18 heavy (non-hydrogen) atoms. The van der Waals surface area contributed by atoms with Crippen LogP contribution in [0.25, 0.3) is 0 Å². The number of hydrogen-bond acceptors (Lipinski definition) is 2. The molecule has 0 bridgehead atoms. The van der Waals surface area contributed by atoms with Gasteiger partial charge in [-0.15, -0.1) is 0 Å². The molecule has 0 aliphatic rings. The van der Waals surface area contributed by atoms with E-state index >= 15 is 0 Å². The Bertz CT molecular complexity index is 540. The second-order valence-electron chi connectivity index (χ2n) is 4.36. The van der Waals surface area contributed by atoms with Crippen molar-refractivity contribution in [3.63, 3.8) is 0 Å². The van der Waals surface area contributed by atoms with E-state index in [4.69, 9.17) is 4.42 Å². The molecule has 94 valence electrons. The summed E-state index contributed by atoms with van der Waals surface area (Å²) in [6.45, 7) is 4.34. The molecule has 0 aliphatic carbocycles. The molecule has 3 heteroatoms. The number of halogens is 1. The average Bonchev–Trinajstić information content (AvgIpc) is 2.84. The summed E-state index contributed by atoms with van der Waals surface area (Å²) in [6, 6.07) is 11.1. The summed E-state index contributed by atoms with van der Waals surface area (Å²) < 4.78 is 5.84. The molecule has 2 aromatic rings. The van der Waals surface area contributed by atoms with Crippen molar-refractivity contribution in [1.29, 1.82) is 0 Å². The fourth-order valence-corrected chi connectivity index (χ4v) is 2.08.